The van der Waals surface area contributed by atoms with Crippen LogP contribution in [0.4, 0.5) is 0 Å². The number of rotatable bonds is 6. The Labute approximate surface area is 188 Å². The van der Waals surface area contributed by atoms with Gasteiger partial charge in [-0.25, -0.2) is 0 Å². The highest BCUT2D eigenvalue weighted by molar-refractivity contribution is 6.09. The van der Waals surface area contributed by atoms with Crippen LogP contribution in [0.5, 0.6) is 0 Å². The maximum Gasteiger partial charge on any atom is 0.139 e. The van der Waals surface area contributed by atoms with Gasteiger partial charge in [0, 0.05) is 13.2 Å². The lowest BCUT2D eigenvalue weighted by atomic mass is 9.76. The van der Waals surface area contributed by atoms with E-state index in [0.717, 1.165) is 31.2 Å². The largest absolute Gasteiger partial charge is 0.473 e. The number of benzene rings is 3. The van der Waals surface area contributed by atoms with Gasteiger partial charge >= 0.3 is 0 Å². The normalized spacial score (nSPS) is 17.6. The summed E-state index contributed by atoms with van der Waals surface area (Å²) in [5.41, 5.74) is 2.43. The number of furan rings is 1. The Hall–Kier alpha value is -2.95. The van der Waals surface area contributed by atoms with Gasteiger partial charge in [-0.1, -0.05) is 48.5 Å². The maximum atomic E-state index is 12.5. The molecule has 0 amide bonds. The van der Waals surface area contributed by atoms with Gasteiger partial charge in [-0.05, 0) is 77.4 Å². The third-order valence-electron chi connectivity index (χ3n) is 6.21. The first-order chi connectivity index (χ1) is 15.7. The van der Waals surface area contributed by atoms with Crippen LogP contribution in [-0.2, 0) is 16.0 Å². The third-order valence-corrected chi connectivity index (χ3v) is 6.21. The number of Topliss-reactive ketones (excluding diaryl/α,β-unsaturated/α-hetero) is 1. The molecule has 1 aromatic heterocycles. The smallest absolute Gasteiger partial charge is 0.139 e. The van der Waals surface area contributed by atoms with E-state index in [1.54, 1.807) is 19.5 Å². The van der Waals surface area contributed by atoms with Crippen LogP contribution in [0, 0.1) is 0 Å². The Morgan fingerprint density at radius 3 is 2.47 bits per heavy atom. The minimum Gasteiger partial charge on any atom is -0.473 e. The summed E-state index contributed by atoms with van der Waals surface area (Å²) in [7, 11) is 0. The average Bonchev–Trinajstić information content (AvgIpc) is 3.41. The summed E-state index contributed by atoms with van der Waals surface area (Å²) in [6, 6.07) is 20.8. The van der Waals surface area contributed by atoms with E-state index in [0.29, 0.717) is 6.61 Å². The van der Waals surface area contributed by atoms with Crippen LogP contribution >= 0.6 is 0 Å². The van der Waals surface area contributed by atoms with Crippen molar-refractivity contribution in [2.45, 2.75) is 44.6 Å². The molecule has 1 heterocycles. The topological polar surface area (TPSA) is 59.7 Å². The van der Waals surface area contributed by atoms with Gasteiger partial charge in [0.25, 0.3) is 0 Å². The molecule has 1 N–H and O–H groups in total. The third kappa shape index (κ3) is 4.77. The predicted molar refractivity (Wildman–Crippen MR) is 128 cm³/mol. The first-order valence-corrected chi connectivity index (χ1v) is 11.3. The number of ether oxygens (including phenoxy) is 1. The van der Waals surface area contributed by atoms with Crippen molar-refractivity contribution in [1.29, 1.82) is 0 Å². The van der Waals surface area contributed by atoms with Gasteiger partial charge in [-0.2, -0.15) is 0 Å². The van der Waals surface area contributed by atoms with Crippen LogP contribution in [-0.4, -0.2) is 30.2 Å². The second kappa shape index (κ2) is 10.6. The number of aryl methyl sites for hydroxylation is 1. The number of unbranched alkanes of at least 4 members (excludes halogenated alkanes) is 1. The van der Waals surface area contributed by atoms with E-state index in [9.17, 15) is 4.79 Å². The Bertz CT molecular complexity index is 1150. The summed E-state index contributed by atoms with van der Waals surface area (Å²) in [4.78, 5) is 12.5. The minimum absolute atomic E-state index is 0.0633. The van der Waals surface area contributed by atoms with Crippen molar-refractivity contribution >= 4 is 27.3 Å². The fraction of sp³-hybridized carbons (Fsp3) is 0.321. The highest BCUT2D eigenvalue weighted by atomic mass is 16.5. The highest BCUT2D eigenvalue weighted by Gasteiger charge is 2.34. The summed E-state index contributed by atoms with van der Waals surface area (Å²) in [6.07, 6.45) is 6.55. The van der Waals surface area contributed by atoms with Crippen molar-refractivity contribution in [1.82, 2.24) is 0 Å². The molecule has 0 spiro atoms. The second-order valence-corrected chi connectivity index (χ2v) is 8.28. The monoisotopic (exact) mass is 430 g/mol. The zero-order valence-corrected chi connectivity index (χ0v) is 18.5. The van der Waals surface area contributed by atoms with Crippen LogP contribution in [0.2, 0.25) is 0 Å². The number of hydrogen-bond donors (Lipinski definition) is 1. The number of aliphatic hydroxyl groups excluding tert-OH is 1. The molecular weight excluding hydrogens is 400 g/mol. The van der Waals surface area contributed by atoms with E-state index < -0.39 is 0 Å². The van der Waals surface area contributed by atoms with E-state index in [4.69, 9.17) is 9.84 Å². The van der Waals surface area contributed by atoms with Gasteiger partial charge in [0.1, 0.15) is 5.78 Å². The average molecular weight is 431 g/mol. The van der Waals surface area contributed by atoms with Crippen molar-refractivity contribution in [3.8, 4) is 0 Å². The molecule has 0 radical (unpaired) electrons. The number of carbonyl (C=O) groups excluding carboxylic acids is 1. The number of fused-ring (bicyclic) bond motifs is 5. The van der Waals surface area contributed by atoms with E-state index in [1.807, 2.05) is 12.1 Å². The first kappa shape index (κ1) is 22.3. The summed E-state index contributed by atoms with van der Waals surface area (Å²) in [5.74, 6) is -0.0259. The van der Waals surface area contributed by atoms with Crippen molar-refractivity contribution in [2.75, 3.05) is 13.2 Å². The Balaban J connectivity index is 0.000000433. The van der Waals surface area contributed by atoms with Gasteiger partial charge in [0.15, 0.2) is 0 Å². The summed E-state index contributed by atoms with van der Waals surface area (Å²) in [6.45, 7) is 2.46. The van der Waals surface area contributed by atoms with E-state index in [2.05, 4.69) is 52.9 Å². The second-order valence-electron chi connectivity index (χ2n) is 8.28. The molecule has 4 heteroatoms. The summed E-state index contributed by atoms with van der Waals surface area (Å²) >= 11 is 0. The molecule has 0 saturated carbocycles. The van der Waals surface area contributed by atoms with E-state index in [1.165, 1.54) is 27.1 Å². The minimum atomic E-state index is -0.196. The Kier molecular flexibility index (Phi) is 7.35. The number of carbonyl (C=O) groups is 1. The van der Waals surface area contributed by atoms with E-state index in [-0.39, 0.29) is 24.4 Å². The maximum absolute atomic E-state index is 12.5. The molecule has 2 atom stereocenters. The number of aliphatic hydroxyl groups is 1. The number of ketones is 1. The fourth-order valence-corrected chi connectivity index (χ4v) is 4.73. The molecule has 3 aromatic carbocycles. The number of hydrogen-bond acceptors (Lipinski definition) is 4. The molecule has 0 aliphatic heterocycles. The Morgan fingerprint density at radius 1 is 0.969 bits per heavy atom. The molecule has 2 unspecified atom stereocenters. The molecule has 1 aliphatic rings. The van der Waals surface area contributed by atoms with Gasteiger partial charge in [-0.15, -0.1) is 0 Å². The fourth-order valence-electron chi connectivity index (χ4n) is 4.73. The van der Waals surface area contributed by atoms with Crippen molar-refractivity contribution in [3.05, 3.63) is 84.3 Å². The van der Waals surface area contributed by atoms with Crippen LogP contribution in [0.25, 0.3) is 21.5 Å². The van der Waals surface area contributed by atoms with Crippen LogP contribution in [0.15, 0.2) is 77.6 Å². The lowest BCUT2D eigenvalue weighted by Gasteiger charge is -2.33. The molecule has 4 aromatic rings. The lowest BCUT2D eigenvalue weighted by molar-refractivity contribution is -0.122. The Morgan fingerprint density at radius 2 is 1.75 bits per heavy atom. The van der Waals surface area contributed by atoms with Crippen LogP contribution in [0.1, 0.15) is 43.2 Å². The quantitative estimate of drug-likeness (QED) is 0.299. The first-order valence-electron chi connectivity index (χ1n) is 11.3. The van der Waals surface area contributed by atoms with Gasteiger partial charge in [0.05, 0.1) is 24.5 Å². The van der Waals surface area contributed by atoms with Crippen molar-refractivity contribution < 1.29 is 19.1 Å². The molecule has 1 aliphatic carbocycles. The van der Waals surface area contributed by atoms with Gasteiger partial charge in [0.2, 0.25) is 0 Å². The molecule has 0 saturated heterocycles. The molecular formula is C28H30O4. The molecule has 32 heavy (non-hydrogen) atoms. The standard InChI is InChI=1S/C24H26O3.C4H4O/c1-16(26)24-22-11-10-19-18-7-3-2-6-17(18)8-9-20(19)21(22)12-13-23(24)27-15-5-4-14-25;1-2-4-5-3-1/h2-3,6-11,23-25H,4-5,12-15H2,1H3;1-4H. The summed E-state index contributed by atoms with van der Waals surface area (Å²) in [5, 5.41) is 14.0. The molecule has 5 rings (SSSR count). The molecule has 0 bridgehead atoms. The zero-order chi connectivity index (χ0) is 22.3. The SMILES string of the molecule is CC(=O)C1c2ccc3c(ccc4ccccc43)c2CCC1OCCCCO.c1ccoc1. The van der Waals surface area contributed by atoms with Crippen molar-refractivity contribution in [3.63, 3.8) is 0 Å². The molecule has 4 nitrogen and oxygen atoms in total. The van der Waals surface area contributed by atoms with E-state index >= 15 is 0 Å². The molecule has 166 valence electrons. The lowest BCUT2D eigenvalue weighted by Crippen LogP contribution is -2.33. The summed E-state index contributed by atoms with van der Waals surface area (Å²) < 4.78 is 10.6. The van der Waals surface area contributed by atoms with Gasteiger partial charge < -0.3 is 14.3 Å². The van der Waals surface area contributed by atoms with Gasteiger partial charge in [-0.3, -0.25) is 4.79 Å². The van der Waals surface area contributed by atoms with Crippen LogP contribution < -0.4 is 0 Å². The molecule has 0 fully saturated rings. The van der Waals surface area contributed by atoms with Crippen LogP contribution in [0.3, 0.4) is 0 Å². The van der Waals surface area contributed by atoms with Crippen molar-refractivity contribution in [2.24, 2.45) is 0 Å². The zero-order valence-electron chi connectivity index (χ0n) is 18.5. The highest BCUT2D eigenvalue weighted by Crippen LogP contribution is 2.39. The predicted octanol–water partition coefficient (Wildman–Crippen LogP) is 6.05.